The minimum Gasteiger partial charge on any atom is -0.352 e. The number of hydrogen-bond acceptors (Lipinski definition) is 7. The summed E-state index contributed by atoms with van der Waals surface area (Å²) < 4.78 is 29.2. The molecule has 27 heavy (non-hydrogen) atoms. The summed E-state index contributed by atoms with van der Waals surface area (Å²) in [5.74, 6) is 1.36. The van der Waals surface area contributed by atoms with E-state index < -0.39 is 10.0 Å². The highest BCUT2D eigenvalue weighted by Gasteiger charge is 2.30. The maximum atomic E-state index is 12.7. The number of piperazine rings is 1. The Bertz CT molecular complexity index is 1040. The molecule has 0 N–H and O–H groups in total. The molecule has 4 heterocycles. The van der Waals surface area contributed by atoms with E-state index in [4.69, 9.17) is 11.6 Å². The fraction of sp³-hybridized carbons (Fsp3) is 0.312. The van der Waals surface area contributed by atoms with Crippen molar-refractivity contribution >= 4 is 38.8 Å². The second kappa shape index (κ2) is 7.19. The van der Waals surface area contributed by atoms with Crippen LogP contribution in [0.25, 0.3) is 5.82 Å². The molecule has 0 atom stereocenters. The molecule has 4 rings (SSSR count). The van der Waals surface area contributed by atoms with Crippen LogP contribution in [-0.4, -0.2) is 58.9 Å². The minimum absolute atomic E-state index is 0.277. The topological polar surface area (TPSA) is 84.2 Å². The van der Waals surface area contributed by atoms with Crippen molar-refractivity contribution in [2.75, 3.05) is 31.1 Å². The van der Waals surface area contributed by atoms with Gasteiger partial charge in [0.05, 0.1) is 10.0 Å². The number of aromatic nitrogens is 4. The van der Waals surface area contributed by atoms with Crippen molar-refractivity contribution in [1.82, 2.24) is 24.3 Å². The van der Waals surface area contributed by atoms with Gasteiger partial charge in [-0.05, 0) is 37.3 Å². The molecule has 0 saturated carbocycles. The Hall–Kier alpha value is -2.01. The number of thiophene rings is 1. The van der Waals surface area contributed by atoms with Crippen LogP contribution in [0.2, 0.25) is 4.34 Å². The van der Waals surface area contributed by atoms with E-state index in [1.54, 1.807) is 16.8 Å². The highest BCUT2D eigenvalue weighted by atomic mass is 35.5. The number of sulfonamides is 1. The van der Waals surface area contributed by atoms with Crippen LogP contribution in [-0.2, 0) is 10.0 Å². The first kappa shape index (κ1) is 18.4. The molecule has 0 aliphatic carbocycles. The van der Waals surface area contributed by atoms with E-state index in [0.29, 0.717) is 36.3 Å². The van der Waals surface area contributed by atoms with E-state index in [-0.39, 0.29) is 4.21 Å². The lowest BCUT2D eigenvalue weighted by Gasteiger charge is -2.34. The molecule has 1 fully saturated rings. The van der Waals surface area contributed by atoms with E-state index in [0.717, 1.165) is 22.8 Å². The van der Waals surface area contributed by atoms with Gasteiger partial charge < -0.3 is 4.90 Å². The Morgan fingerprint density at radius 1 is 1.00 bits per heavy atom. The summed E-state index contributed by atoms with van der Waals surface area (Å²) in [6.07, 6.45) is 1.83. The van der Waals surface area contributed by atoms with Crippen molar-refractivity contribution in [1.29, 1.82) is 0 Å². The molecule has 142 valence electrons. The molecule has 1 aliphatic rings. The van der Waals surface area contributed by atoms with Gasteiger partial charge in [0, 0.05) is 32.4 Å². The first-order valence-electron chi connectivity index (χ1n) is 8.30. The summed E-state index contributed by atoms with van der Waals surface area (Å²) in [7, 11) is -3.49. The maximum absolute atomic E-state index is 12.7. The SMILES string of the molecule is Cc1ccn(-c2ccc(N3CCN(S(=O)(=O)c4ccc(Cl)s4)CC3)nn2)n1. The van der Waals surface area contributed by atoms with Crippen LogP contribution in [0.15, 0.2) is 40.7 Å². The van der Waals surface area contributed by atoms with Gasteiger partial charge in [0.25, 0.3) is 10.0 Å². The zero-order chi connectivity index (χ0) is 19.0. The fourth-order valence-electron chi connectivity index (χ4n) is 2.87. The van der Waals surface area contributed by atoms with Gasteiger partial charge in [0.15, 0.2) is 11.6 Å². The van der Waals surface area contributed by atoms with Gasteiger partial charge in [0.1, 0.15) is 4.21 Å². The van der Waals surface area contributed by atoms with Crippen molar-refractivity contribution in [2.45, 2.75) is 11.1 Å². The molecule has 1 aliphatic heterocycles. The van der Waals surface area contributed by atoms with E-state index in [1.807, 2.05) is 36.2 Å². The van der Waals surface area contributed by atoms with Gasteiger partial charge >= 0.3 is 0 Å². The maximum Gasteiger partial charge on any atom is 0.252 e. The summed E-state index contributed by atoms with van der Waals surface area (Å²) in [4.78, 5) is 2.03. The Kier molecular flexibility index (Phi) is 4.89. The smallest absolute Gasteiger partial charge is 0.252 e. The number of rotatable bonds is 4. The molecule has 0 amide bonds. The van der Waals surface area contributed by atoms with E-state index in [9.17, 15) is 8.42 Å². The first-order valence-corrected chi connectivity index (χ1v) is 10.9. The predicted molar refractivity (Wildman–Crippen MR) is 104 cm³/mol. The molecule has 3 aromatic rings. The average Bonchev–Trinajstić information content (AvgIpc) is 3.31. The molecule has 0 radical (unpaired) electrons. The van der Waals surface area contributed by atoms with Crippen LogP contribution < -0.4 is 4.90 Å². The molecule has 0 aromatic carbocycles. The Morgan fingerprint density at radius 3 is 2.26 bits per heavy atom. The molecule has 0 unspecified atom stereocenters. The third-order valence-corrected chi connectivity index (χ3v) is 7.90. The van der Waals surface area contributed by atoms with Crippen molar-refractivity contribution in [2.24, 2.45) is 0 Å². The molecule has 1 saturated heterocycles. The number of hydrogen-bond donors (Lipinski definition) is 0. The van der Waals surface area contributed by atoms with Crippen LogP contribution in [0.5, 0.6) is 0 Å². The lowest BCUT2D eigenvalue weighted by Crippen LogP contribution is -2.48. The van der Waals surface area contributed by atoms with Crippen molar-refractivity contribution < 1.29 is 8.42 Å². The lowest BCUT2D eigenvalue weighted by molar-refractivity contribution is 0.384. The van der Waals surface area contributed by atoms with Crippen molar-refractivity contribution in [3.63, 3.8) is 0 Å². The normalized spacial score (nSPS) is 16.0. The summed E-state index contributed by atoms with van der Waals surface area (Å²) in [6, 6.07) is 8.79. The van der Waals surface area contributed by atoms with Crippen LogP contribution in [0.1, 0.15) is 5.69 Å². The number of anilines is 1. The summed E-state index contributed by atoms with van der Waals surface area (Å²) in [5, 5.41) is 12.8. The number of aryl methyl sites for hydroxylation is 1. The van der Waals surface area contributed by atoms with Crippen LogP contribution in [0.4, 0.5) is 5.82 Å². The standard InChI is InChI=1S/C16H17ClN6O2S2/c1-12-6-7-23(20-12)15-4-3-14(18-19-15)21-8-10-22(11-9-21)27(24,25)16-5-2-13(17)26-16/h2-7H,8-11H2,1H3. The van der Waals surface area contributed by atoms with Crippen LogP contribution in [0.3, 0.4) is 0 Å². The zero-order valence-corrected chi connectivity index (χ0v) is 16.9. The third kappa shape index (κ3) is 3.70. The quantitative estimate of drug-likeness (QED) is 0.638. The third-order valence-electron chi connectivity index (χ3n) is 4.30. The molecular formula is C16H17ClN6O2S2. The van der Waals surface area contributed by atoms with Gasteiger partial charge in [-0.25, -0.2) is 13.1 Å². The second-order valence-corrected chi connectivity index (χ2v) is 9.98. The van der Waals surface area contributed by atoms with E-state index in [1.165, 1.54) is 4.31 Å². The Labute approximate surface area is 166 Å². The predicted octanol–water partition coefficient (Wildman–Crippen LogP) is 2.20. The van der Waals surface area contributed by atoms with Gasteiger partial charge in [0.2, 0.25) is 0 Å². The van der Waals surface area contributed by atoms with Crippen LogP contribution >= 0.6 is 22.9 Å². The summed E-state index contributed by atoms with van der Waals surface area (Å²) in [6.45, 7) is 3.79. The van der Waals surface area contributed by atoms with Gasteiger partial charge in [-0.2, -0.15) is 9.40 Å². The molecule has 0 spiro atoms. The van der Waals surface area contributed by atoms with Gasteiger partial charge in [-0.1, -0.05) is 11.6 Å². The summed E-state index contributed by atoms with van der Waals surface area (Å²) >= 11 is 6.95. The second-order valence-electron chi connectivity index (χ2n) is 6.10. The Morgan fingerprint density at radius 2 is 1.70 bits per heavy atom. The van der Waals surface area contributed by atoms with Crippen molar-refractivity contribution in [3.8, 4) is 5.82 Å². The minimum atomic E-state index is -3.49. The number of halogens is 1. The van der Waals surface area contributed by atoms with Gasteiger partial charge in [-0.3, -0.25) is 0 Å². The number of nitrogens with zero attached hydrogens (tertiary/aromatic N) is 6. The fourth-order valence-corrected chi connectivity index (χ4v) is 5.93. The average molecular weight is 425 g/mol. The molecule has 11 heteroatoms. The van der Waals surface area contributed by atoms with Crippen molar-refractivity contribution in [3.05, 3.63) is 46.6 Å². The first-order chi connectivity index (χ1) is 12.9. The summed E-state index contributed by atoms with van der Waals surface area (Å²) in [5.41, 5.74) is 0.908. The lowest BCUT2D eigenvalue weighted by atomic mass is 10.3. The highest BCUT2D eigenvalue weighted by molar-refractivity contribution is 7.91. The largest absolute Gasteiger partial charge is 0.352 e. The van der Waals surface area contributed by atoms with E-state index >= 15 is 0 Å². The molecular weight excluding hydrogens is 408 g/mol. The molecule has 0 bridgehead atoms. The molecule has 3 aromatic heterocycles. The van der Waals surface area contributed by atoms with Gasteiger partial charge in [-0.15, -0.1) is 21.5 Å². The Balaban J connectivity index is 1.43. The highest BCUT2D eigenvalue weighted by Crippen LogP contribution is 2.29. The monoisotopic (exact) mass is 424 g/mol. The van der Waals surface area contributed by atoms with Crippen LogP contribution in [0, 0.1) is 6.92 Å². The molecule has 8 nitrogen and oxygen atoms in total. The zero-order valence-electron chi connectivity index (χ0n) is 14.5. The van der Waals surface area contributed by atoms with E-state index in [2.05, 4.69) is 15.3 Å².